The molecule has 164 valence electrons. The van der Waals surface area contributed by atoms with E-state index in [2.05, 4.69) is 0 Å². The fourth-order valence-corrected chi connectivity index (χ4v) is 3.42. The van der Waals surface area contributed by atoms with E-state index in [1.54, 1.807) is 30.3 Å². The highest BCUT2D eigenvalue weighted by molar-refractivity contribution is 5.93. The number of rotatable bonds is 7. The topological polar surface area (TPSA) is 87.4 Å². The highest BCUT2D eigenvalue weighted by Gasteiger charge is 2.24. The number of aromatic hydroxyl groups is 1. The van der Waals surface area contributed by atoms with Crippen LogP contribution in [0, 0.1) is 0 Å². The highest BCUT2D eigenvalue weighted by Crippen LogP contribution is 2.43. The molecule has 0 fully saturated rings. The van der Waals surface area contributed by atoms with Crippen molar-refractivity contribution >= 4 is 11.0 Å². The van der Waals surface area contributed by atoms with Crippen LogP contribution in [0.5, 0.6) is 28.7 Å². The fourth-order valence-electron chi connectivity index (χ4n) is 3.42. The summed E-state index contributed by atoms with van der Waals surface area (Å²) in [6.07, 6.45) is 0. The van der Waals surface area contributed by atoms with Crippen molar-refractivity contribution in [3.8, 4) is 40.1 Å². The van der Waals surface area contributed by atoms with Crippen LogP contribution in [0.25, 0.3) is 22.3 Å². The number of ether oxygens (including phenoxy) is 4. The average molecular weight is 434 g/mol. The summed E-state index contributed by atoms with van der Waals surface area (Å²) in [7, 11) is 4.30. The first-order valence-corrected chi connectivity index (χ1v) is 9.83. The SMILES string of the molecule is COc1cc(OC)c2oc(-c3ccc(OCc4ccccc4)cc3)c(O)c(=O)c2c1OC. The molecule has 7 heteroatoms. The number of hydrogen-bond donors (Lipinski definition) is 1. The van der Waals surface area contributed by atoms with Crippen molar-refractivity contribution in [3.63, 3.8) is 0 Å². The molecule has 0 atom stereocenters. The van der Waals surface area contributed by atoms with E-state index in [9.17, 15) is 9.90 Å². The van der Waals surface area contributed by atoms with Gasteiger partial charge in [0.05, 0.1) is 21.3 Å². The Morgan fingerprint density at radius 2 is 1.56 bits per heavy atom. The molecule has 0 radical (unpaired) electrons. The molecule has 0 aliphatic rings. The van der Waals surface area contributed by atoms with E-state index in [1.807, 2.05) is 30.3 Å². The van der Waals surface area contributed by atoms with Crippen molar-refractivity contribution < 1.29 is 28.5 Å². The van der Waals surface area contributed by atoms with E-state index in [1.165, 1.54) is 21.3 Å². The van der Waals surface area contributed by atoms with E-state index >= 15 is 0 Å². The zero-order valence-electron chi connectivity index (χ0n) is 17.9. The maximum Gasteiger partial charge on any atom is 0.239 e. The Balaban J connectivity index is 1.74. The molecule has 0 amide bonds. The lowest BCUT2D eigenvalue weighted by atomic mass is 10.1. The van der Waals surface area contributed by atoms with Crippen molar-refractivity contribution in [1.82, 2.24) is 0 Å². The van der Waals surface area contributed by atoms with Crippen molar-refractivity contribution in [1.29, 1.82) is 0 Å². The molecular formula is C25H22O7. The Morgan fingerprint density at radius 1 is 0.875 bits per heavy atom. The summed E-state index contributed by atoms with van der Waals surface area (Å²) < 4.78 is 27.7. The van der Waals surface area contributed by atoms with Gasteiger partial charge in [0.1, 0.15) is 17.7 Å². The molecule has 0 aliphatic heterocycles. The Labute approximate surface area is 184 Å². The molecule has 0 saturated heterocycles. The molecule has 4 rings (SSSR count). The molecule has 0 unspecified atom stereocenters. The molecule has 0 aliphatic carbocycles. The minimum atomic E-state index is -0.653. The van der Waals surface area contributed by atoms with Crippen LogP contribution in [0.4, 0.5) is 0 Å². The quantitative estimate of drug-likeness (QED) is 0.448. The second-order valence-electron chi connectivity index (χ2n) is 6.93. The van der Waals surface area contributed by atoms with Gasteiger partial charge < -0.3 is 28.5 Å². The van der Waals surface area contributed by atoms with Gasteiger partial charge >= 0.3 is 0 Å². The monoisotopic (exact) mass is 434 g/mol. The lowest BCUT2D eigenvalue weighted by molar-refractivity contribution is 0.306. The summed E-state index contributed by atoms with van der Waals surface area (Å²) in [6, 6.07) is 18.3. The standard InChI is InChI=1S/C25H22O7/c1-28-18-13-19(29-2)25-20(24(18)30-3)21(26)22(27)23(32-25)16-9-11-17(12-10-16)31-14-15-7-5-4-6-8-15/h4-13,27H,14H2,1-3H3. The van der Waals surface area contributed by atoms with Crippen LogP contribution in [0.3, 0.4) is 0 Å². The number of methoxy groups -OCH3 is 3. The second kappa shape index (κ2) is 8.93. The summed E-state index contributed by atoms with van der Waals surface area (Å²) in [5.74, 6) is 0.842. The molecule has 32 heavy (non-hydrogen) atoms. The van der Waals surface area contributed by atoms with Gasteiger partial charge in [-0.1, -0.05) is 30.3 Å². The van der Waals surface area contributed by atoms with Crippen LogP contribution in [0.1, 0.15) is 5.56 Å². The number of fused-ring (bicyclic) bond motifs is 1. The molecule has 1 N–H and O–H groups in total. The third kappa shape index (κ3) is 3.80. The van der Waals surface area contributed by atoms with Gasteiger partial charge in [-0.05, 0) is 29.8 Å². The summed E-state index contributed by atoms with van der Waals surface area (Å²) in [5, 5.41) is 10.7. The van der Waals surface area contributed by atoms with Crippen LogP contribution in [-0.2, 0) is 6.61 Å². The van der Waals surface area contributed by atoms with Crippen LogP contribution >= 0.6 is 0 Å². The van der Waals surface area contributed by atoms with Gasteiger partial charge in [-0.25, -0.2) is 0 Å². The summed E-state index contributed by atoms with van der Waals surface area (Å²) >= 11 is 0. The zero-order chi connectivity index (χ0) is 22.7. The van der Waals surface area contributed by atoms with Crippen molar-refractivity contribution in [2.45, 2.75) is 6.61 Å². The summed E-state index contributed by atoms with van der Waals surface area (Å²) in [4.78, 5) is 13.0. The van der Waals surface area contributed by atoms with Gasteiger partial charge in [0.15, 0.2) is 28.6 Å². The summed E-state index contributed by atoms with van der Waals surface area (Å²) in [6.45, 7) is 0.426. The molecule has 7 nitrogen and oxygen atoms in total. The zero-order valence-corrected chi connectivity index (χ0v) is 17.9. The molecule has 3 aromatic carbocycles. The molecule has 0 saturated carbocycles. The molecular weight excluding hydrogens is 412 g/mol. The van der Waals surface area contributed by atoms with E-state index in [0.717, 1.165) is 5.56 Å². The maximum absolute atomic E-state index is 13.0. The van der Waals surface area contributed by atoms with Crippen molar-refractivity contribution in [2.24, 2.45) is 0 Å². The lowest BCUT2D eigenvalue weighted by Gasteiger charge is -2.14. The molecule has 1 aromatic heterocycles. The Kier molecular flexibility index (Phi) is 5.89. The number of hydrogen-bond acceptors (Lipinski definition) is 7. The fraction of sp³-hybridized carbons (Fsp3) is 0.160. The highest BCUT2D eigenvalue weighted by atomic mass is 16.5. The molecule has 4 aromatic rings. The van der Waals surface area contributed by atoms with E-state index in [4.69, 9.17) is 23.4 Å². The number of benzene rings is 3. The van der Waals surface area contributed by atoms with Crippen molar-refractivity contribution in [3.05, 3.63) is 76.5 Å². The largest absolute Gasteiger partial charge is 0.502 e. The van der Waals surface area contributed by atoms with Gasteiger partial charge in [-0.2, -0.15) is 0 Å². The Morgan fingerprint density at radius 3 is 2.19 bits per heavy atom. The smallest absolute Gasteiger partial charge is 0.239 e. The van der Waals surface area contributed by atoms with E-state index in [0.29, 0.717) is 17.9 Å². The van der Waals surface area contributed by atoms with Gasteiger partial charge in [0.25, 0.3) is 0 Å². The van der Waals surface area contributed by atoms with Crippen LogP contribution in [0.2, 0.25) is 0 Å². The van der Waals surface area contributed by atoms with Gasteiger partial charge in [0, 0.05) is 11.6 Å². The first-order valence-electron chi connectivity index (χ1n) is 9.83. The minimum absolute atomic E-state index is 0.0163. The molecule has 0 spiro atoms. The predicted octanol–water partition coefficient (Wildman–Crippen LogP) is 4.77. The van der Waals surface area contributed by atoms with Gasteiger partial charge in [-0.15, -0.1) is 0 Å². The third-order valence-electron chi connectivity index (χ3n) is 5.03. The normalized spacial score (nSPS) is 10.7. The predicted molar refractivity (Wildman–Crippen MR) is 120 cm³/mol. The van der Waals surface area contributed by atoms with Crippen LogP contribution in [-0.4, -0.2) is 26.4 Å². The maximum atomic E-state index is 13.0. The van der Waals surface area contributed by atoms with Crippen LogP contribution in [0.15, 0.2) is 69.9 Å². The van der Waals surface area contributed by atoms with E-state index < -0.39 is 11.2 Å². The molecule has 0 bridgehead atoms. The van der Waals surface area contributed by atoms with Crippen LogP contribution < -0.4 is 24.4 Å². The first-order chi connectivity index (χ1) is 15.6. The third-order valence-corrected chi connectivity index (χ3v) is 5.03. The van der Waals surface area contributed by atoms with E-state index in [-0.39, 0.29) is 34.0 Å². The van der Waals surface area contributed by atoms with Gasteiger partial charge in [-0.3, -0.25) is 4.79 Å². The van der Waals surface area contributed by atoms with Crippen molar-refractivity contribution in [2.75, 3.05) is 21.3 Å². The Bertz CT molecular complexity index is 1290. The van der Waals surface area contributed by atoms with Gasteiger partial charge in [0.2, 0.25) is 11.2 Å². The minimum Gasteiger partial charge on any atom is -0.502 e. The lowest BCUT2D eigenvalue weighted by Crippen LogP contribution is -2.06. The molecule has 1 heterocycles. The second-order valence-corrected chi connectivity index (χ2v) is 6.93. The Hall–Kier alpha value is -4.13. The average Bonchev–Trinajstić information content (AvgIpc) is 2.84. The first kappa shape index (κ1) is 21.1. The summed E-state index contributed by atoms with van der Waals surface area (Å²) in [5.41, 5.74) is 1.05.